The minimum Gasteiger partial charge on any atom is -0.261 e. The predicted molar refractivity (Wildman–Crippen MR) is 88.6 cm³/mol. The monoisotopic (exact) mass is 255 g/mol. The van der Waals surface area contributed by atoms with Crippen LogP contribution in [0.25, 0.3) is 0 Å². The Hall–Kier alpha value is -0.850. The van der Waals surface area contributed by atoms with Crippen molar-refractivity contribution < 1.29 is 0 Å². The van der Waals surface area contributed by atoms with E-state index in [0.29, 0.717) is 0 Å². The van der Waals surface area contributed by atoms with Gasteiger partial charge in [0, 0.05) is 11.9 Å². The van der Waals surface area contributed by atoms with Crippen LogP contribution in [0, 0.1) is 27.7 Å². The molecule has 0 saturated carbocycles. The molecule has 0 aromatic carbocycles. The Balaban J connectivity index is -0.000000105. The van der Waals surface area contributed by atoms with E-state index in [2.05, 4.69) is 25.8 Å². The third-order valence-corrected chi connectivity index (χ3v) is 2.15. The standard InChI is InChI=1S/C9H13N.4C2H6/c1-6-5-10-9(4)8(3)7(6)2;4*1-2/h5H,1-4H3;4*1-2H3. The van der Waals surface area contributed by atoms with Gasteiger partial charge in [-0.05, 0) is 44.4 Å². The van der Waals surface area contributed by atoms with Crippen molar-refractivity contribution in [3.8, 4) is 0 Å². The lowest BCUT2D eigenvalue weighted by molar-refractivity contribution is 1.09. The Morgan fingerprint density at radius 3 is 1.22 bits per heavy atom. The zero-order chi connectivity index (χ0) is 15.7. The van der Waals surface area contributed by atoms with Crippen molar-refractivity contribution in [1.82, 2.24) is 4.98 Å². The largest absolute Gasteiger partial charge is 0.261 e. The maximum Gasteiger partial charge on any atom is 0.0404 e. The number of hydrogen-bond acceptors (Lipinski definition) is 1. The van der Waals surface area contributed by atoms with Gasteiger partial charge < -0.3 is 0 Å². The van der Waals surface area contributed by atoms with Crippen LogP contribution in [0.5, 0.6) is 0 Å². The fourth-order valence-corrected chi connectivity index (χ4v) is 0.954. The van der Waals surface area contributed by atoms with E-state index in [0.717, 1.165) is 5.69 Å². The van der Waals surface area contributed by atoms with E-state index in [9.17, 15) is 0 Å². The smallest absolute Gasteiger partial charge is 0.0404 e. The van der Waals surface area contributed by atoms with Crippen LogP contribution in [0.1, 0.15) is 77.8 Å². The quantitative estimate of drug-likeness (QED) is 0.521. The molecule has 1 rings (SSSR count). The van der Waals surface area contributed by atoms with Crippen LogP contribution in [0.4, 0.5) is 0 Å². The second-order valence-electron chi connectivity index (χ2n) is 2.78. The molecule has 1 aromatic heterocycles. The predicted octanol–water partition coefficient (Wildman–Crippen LogP) is 6.42. The first-order valence-electron chi connectivity index (χ1n) is 7.52. The highest BCUT2D eigenvalue weighted by Gasteiger charge is 1.98. The van der Waals surface area contributed by atoms with Gasteiger partial charge in [-0.2, -0.15) is 0 Å². The molecule has 18 heavy (non-hydrogen) atoms. The fourth-order valence-electron chi connectivity index (χ4n) is 0.954. The van der Waals surface area contributed by atoms with Crippen molar-refractivity contribution in [3.63, 3.8) is 0 Å². The van der Waals surface area contributed by atoms with E-state index in [1.807, 2.05) is 68.5 Å². The van der Waals surface area contributed by atoms with E-state index >= 15 is 0 Å². The molecule has 1 nitrogen and oxygen atoms in total. The normalized spacial score (nSPS) is 6.89. The molecule has 0 amide bonds. The van der Waals surface area contributed by atoms with Crippen LogP contribution < -0.4 is 0 Å². The average Bonchev–Trinajstić information content (AvgIpc) is 2.49. The van der Waals surface area contributed by atoms with Crippen LogP contribution in [0.3, 0.4) is 0 Å². The van der Waals surface area contributed by atoms with Gasteiger partial charge in [0.15, 0.2) is 0 Å². The molecular formula is C17H37N. The van der Waals surface area contributed by atoms with Gasteiger partial charge in [0.05, 0.1) is 0 Å². The number of aromatic nitrogens is 1. The Kier molecular flexibility index (Phi) is 30.8. The molecule has 0 fully saturated rings. The Morgan fingerprint density at radius 2 is 0.944 bits per heavy atom. The molecule has 0 bridgehead atoms. The number of hydrogen-bond donors (Lipinski definition) is 0. The molecule has 0 aliphatic heterocycles. The Morgan fingerprint density at radius 1 is 0.611 bits per heavy atom. The zero-order valence-corrected chi connectivity index (χ0v) is 15.0. The Labute approximate surface area is 117 Å². The summed E-state index contributed by atoms with van der Waals surface area (Å²) in [7, 11) is 0. The topological polar surface area (TPSA) is 12.9 Å². The van der Waals surface area contributed by atoms with Crippen LogP contribution >= 0.6 is 0 Å². The molecule has 0 atom stereocenters. The van der Waals surface area contributed by atoms with Gasteiger partial charge >= 0.3 is 0 Å². The van der Waals surface area contributed by atoms with E-state index in [-0.39, 0.29) is 0 Å². The Bertz CT molecular complexity index is 225. The summed E-state index contributed by atoms with van der Waals surface area (Å²) in [6.45, 7) is 24.4. The maximum absolute atomic E-state index is 4.24. The summed E-state index contributed by atoms with van der Waals surface area (Å²) in [5.74, 6) is 0. The highest BCUT2D eigenvalue weighted by molar-refractivity contribution is 5.32. The first-order chi connectivity index (χ1) is 8.63. The van der Waals surface area contributed by atoms with Crippen LogP contribution in [-0.2, 0) is 0 Å². The second-order valence-corrected chi connectivity index (χ2v) is 2.78. The van der Waals surface area contributed by atoms with E-state index in [1.165, 1.54) is 16.7 Å². The first-order valence-corrected chi connectivity index (χ1v) is 7.52. The van der Waals surface area contributed by atoms with Crippen LogP contribution in [-0.4, -0.2) is 4.98 Å². The van der Waals surface area contributed by atoms with Crippen molar-refractivity contribution in [2.45, 2.75) is 83.1 Å². The number of rotatable bonds is 0. The van der Waals surface area contributed by atoms with Gasteiger partial charge in [0.2, 0.25) is 0 Å². The first kappa shape index (κ1) is 25.9. The third-order valence-electron chi connectivity index (χ3n) is 2.15. The lowest BCUT2D eigenvalue weighted by Gasteiger charge is -2.05. The fraction of sp³-hybridized carbons (Fsp3) is 0.706. The van der Waals surface area contributed by atoms with Crippen molar-refractivity contribution in [2.24, 2.45) is 0 Å². The lowest BCUT2D eigenvalue weighted by Crippen LogP contribution is -1.92. The molecule has 0 aliphatic rings. The minimum atomic E-state index is 1.14. The molecule has 0 saturated heterocycles. The van der Waals surface area contributed by atoms with Crippen LogP contribution in [0.15, 0.2) is 6.20 Å². The molecule has 0 unspecified atom stereocenters. The van der Waals surface area contributed by atoms with Gasteiger partial charge in [-0.25, -0.2) is 0 Å². The molecule has 0 spiro atoms. The SMILES string of the molecule is CC.CC.CC.CC.Cc1cnc(C)c(C)c1C. The van der Waals surface area contributed by atoms with Crippen molar-refractivity contribution >= 4 is 0 Å². The summed E-state index contributed by atoms with van der Waals surface area (Å²) in [6, 6.07) is 0. The second kappa shape index (κ2) is 21.4. The molecule has 1 heterocycles. The summed E-state index contributed by atoms with van der Waals surface area (Å²) >= 11 is 0. The van der Waals surface area contributed by atoms with Crippen molar-refractivity contribution in [2.75, 3.05) is 0 Å². The summed E-state index contributed by atoms with van der Waals surface area (Å²) in [6.07, 6.45) is 1.93. The summed E-state index contributed by atoms with van der Waals surface area (Å²) in [4.78, 5) is 4.24. The van der Waals surface area contributed by atoms with E-state index < -0.39 is 0 Å². The summed E-state index contributed by atoms with van der Waals surface area (Å²) < 4.78 is 0. The van der Waals surface area contributed by atoms with Gasteiger partial charge in [-0.3, -0.25) is 4.98 Å². The molecule has 1 aromatic rings. The molecule has 1 heteroatoms. The van der Waals surface area contributed by atoms with E-state index in [4.69, 9.17) is 0 Å². The van der Waals surface area contributed by atoms with Gasteiger partial charge in [-0.15, -0.1) is 0 Å². The van der Waals surface area contributed by atoms with E-state index in [1.54, 1.807) is 0 Å². The van der Waals surface area contributed by atoms with Gasteiger partial charge in [0.1, 0.15) is 0 Å². The van der Waals surface area contributed by atoms with Gasteiger partial charge in [-0.1, -0.05) is 55.4 Å². The van der Waals surface area contributed by atoms with Gasteiger partial charge in [0.25, 0.3) is 0 Å². The molecular weight excluding hydrogens is 218 g/mol. The average molecular weight is 255 g/mol. The summed E-state index contributed by atoms with van der Waals surface area (Å²) in [5, 5.41) is 0. The number of pyridine rings is 1. The van der Waals surface area contributed by atoms with Crippen molar-refractivity contribution in [3.05, 3.63) is 28.6 Å². The number of nitrogens with zero attached hydrogens (tertiary/aromatic N) is 1. The highest BCUT2D eigenvalue weighted by Crippen LogP contribution is 2.12. The molecule has 0 radical (unpaired) electrons. The summed E-state index contributed by atoms with van der Waals surface area (Å²) in [5.41, 5.74) is 5.11. The zero-order valence-electron chi connectivity index (χ0n) is 15.0. The number of aryl methyl sites for hydroxylation is 2. The minimum absolute atomic E-state index is 1.14. The molecule has 0 N–H and O–H groups in total. The third kappa shape index (κ3) is 11.6. The van der Waals surface area contributed by atoms with Crippen molar-refractivity contribution in [1.29, 1.82) is 0 Å². The molecule has 110 valence electrons. The van der Waals surface area contributed by atoms with Crippen LogP contribution in [0.2, 0.25) is 0 Å². The lowest BCUT2D eigenvalue weighted by atomic mass is 10.1. The maximum atomic E-state index is 4.24. The molecule has 0 aliphatic carbocycles. The highest BCUT2D eigenvalue weighted by atomic mass is 14.7.